The lowest BCUT2D eigenvalue weighted by Gasteiger charge is -2.21. The molecule has 0 atom stereocenters. The predicted octanol–water partition coefficient (Wildman–Crippen LogP) is 5.94. The highest BCUT2D eigenvalue weighted by atomic mass is 32.2. The van der Waals surface area contributed by atoms with E-state index in [1.165, 1.54) is 34.2 Å². The van der Waals surface area contributed by atoms with Crippen LogP contribution in [-0.2, 0) is 10.2 Å². The maximum Gasteiger partial charge on any atom is 0.234 e. The molecule has 1 amide bonds. The number of benzene rings is 2. The van der Waals surface area contributed by atoms with Gasteiger partial charge >= 0.3 is 0 Å². The highest BCUT2D eigenvalue weighted by molar-refractivity contribution is 8.01. The molecule has 2 aromatic carbocycles. The van der Waals surface area contributed by atoms with Crippen molar-refractivity contribution in [3.8, 4) is 5.75 Å². The van der Waals surface area contributed by atoms with Crippen LogP contribution in [-0.4, -0.2) is 29.0 Å². The van der Waals surface area contributed by atoms with Crippen molar-refractivity contribution in [2.45, 2.75) is 44.4 Å². The van der Waals surface area contributed by atoms with Gasteiger partial charge in [-0.05, 0) is 54.2 Å². The van der Waals surface area contributed by atoms with E-state index in [1.54, 1.807) is 7.11 Å². The third kappa shape index (κ3) is 5.98. The second kappa shape index (κ2) is 9.70. The minimum Gasteiger partial charge on any atom is -0.495 e. The Morgan fingerprint density at radius 1 is 1.13 bits per heavy atom. The van der Waals surface area contributed by atoms with Gasteiger partial charge in [0.1, 0.15) is 5.75 Å². The summed E-state index contributed by atoms with van der Waals surface area (Å²) in [4.78, 5) is 12.5. The first-order valence-corrected chi connectivity index (χ1v) is 11.8. The van der Waals surface area contributed by atoms with Crippen molar-refractivity contribution in [1.82, 2.24) is 10.2 Å². The number of anilines is 3. The predicted molar refractivity (Wildman–Crippen MR) is 130 cm³/mol. The van der Waals surface area contributed by atoms with E-state index >= 15 is 0 Å². The number of nitrogens with one attached hydrogen (secondary N) is 2. The summed E-state index contributed by atoms with van der Waals surface area (Å²) < 4.78 is 6.14. The highest BCUT2D eigenvalue weighted by Gasteiger charge is 2.17. The van der Waals surface area contributed by atoms with Crippen LogP contribution in [0.5, 0.6) is 5.75 Å². The maximum atomic E-state index is 12.5. The molecule has 8 heteroatoms. The number of aryl methyl sites for hydroxylation is 1. The van der Waals surface area contributed by atoms with Crippen LogP contribution >= 0.6 is 23.1 Å². The number of aromatic nitrogens is 2. The van der Waals surface area contributed by atoms with Gasteiger partial charge in [-0.3, -0.25) is 4.79 Å². The number of methoxy groups -OCH3 is 1. The van der Waals surface area contributed by atoms with E-state index in [2.05, 4.69) is 61.5 Å². The molecule has 1 aromatic heterocycles. The monoisotopic (exact) mass is 456 g/mol. The SMILES string of the molecule is COc1ccc(C(C)(C)C)cc1NC(=O)CSc1nnc(Nc2cccc(C)c2C)s1. The van der Waals surface area contributed by atoms with Gasteiger partial charge in [-0.15, -0.1) is 10.2 Å². The number of hydrogen-bond acceptors (Lipinski definition) is 7. The fraction of sp³-hybridized carbons (Fsp3) is 0.348. The van der Waals surface area contributed by atoms with Crippen LogP contribution in [0.2, 0.25) is 0 Å². The Hall–Kier alpha value is -2.58. The summed E-state index contributed by atoms with van der Waals surface area (Å²) in [6.45, 7) is 10.6. The zero-order valence-electron chi connectivity index (χ0n) is 18.7. The van der Waals surface area contributed by atoms with E-state index < -0.39 is 0 Å². The highest BCUT2D eigenvalue weighted by Crippen LogP contribution is 2.32. The van der Waals surface area contributed by atoms with Crippen molar-refractivity contribution in [1.29, 1.82) is 0 Å². The van der Waals surface area contributed by atoms with Gasteiger partial charge in [0.2, 0.25) is 11.0 Å². The molecule has 1 heterocycles. The third-order valence-corrected chi connectivity index (χ3v) is 6.89. The molecule has 164 valence electrons. The van der Waals surface area contributed by atoms with Crippen LogP contribution in [0.1, 0.15) is 37.5 Å². The standard InChI is InChI=1S/C23H28N4O2S2/c1-14-8-7-9-17(15(14)2)25-21-26-27-22(31-21)30-13-20(28)24-18-12-16(23(3,4)5)10-11-19(18)29-6/h7-12H,13H2,1-6H3,(H,24,28)(H,25,26). The lowest BCUT2D eigenvalue weighted by Crippen LogP contribution is -2.16. The molecule has 2 N–H and O–H groups in total. The zero-order valence-corrected chi connectivity index (χ0v) is 20.3. The minimum atomic E-state index is -0.117. The fourth-order valence-electron chi connectivity index (χ4n) is 2.91. The molecular formula is C23H28N4O2S2. The number of rotatable bonds is 7. The molecule has 0 unspecified atom stereocenters. The summed E-state index contributed by atoms with van der Waals surface area (Å²) in [7, 11) is 1.60. The average Bonchev–Trinajstić information content (AvgIpc) is 3.16. The minimum absolute atomic E-state index is 0.0217. The lowest BCUT2D eigenvalue weighted by molar-refractivity contribution is -0.113. The van der Waals surface area contributed by atoms with Crippen molar-refractivity contribution < 1.29 is 9.53 Å². The zero-order chi connectivity index (χ0) is 22.6. The second-order valence-corrected chi connectivity index (χ2v) is 10.4. The Labute approximate surface area is 191 Å². The van der Waals surface area contributed by atoms with Crippen molar-refractivity contribution in [2.75, 3.05) is 23.5 Å². The molecule has 0 fully saturated rings. The summed E-state index contributed by atoms with van der Waals surface area (Å²) in [5.41, 5.74) is 5.19. The molecule has 3 aromatic rings. The third-order valence-electron chi connectivity index (χ3n) is 4.92. The Kier molecular flexibility index (Phi) is 7.23. The first-order chi connectivity index (χ1) is 14.7. The second-order valence-electron chi connectivity index (χ2n) is 8.25. The quantitative estimate of drug-likeness (QED) is 0.429. The van der Waals surface area contributed by atoms with E-state index in [-0.39, 0.29) is 17.1 Å². The van der Waals surface area contributed by atoms with Gasteiger partial charge in [-0.1, -0.05) is 62.1 Å². The molecule has 0 saturated heterocycles. The van der Waals surface area contributed by atoms with Gasteiger partial charge in [-0.25, -0.2) is 0 Å². The smallest absolute Gasteiger partial charge is 0.234 e. The molecule has 31 heavy (non-hydrogen) atoms. The van der Waals surface area contributed by atoms with Crippen molar-refractivity contribution >= 4 is 45.5 Å². The Bertz CT molecular complexity index is 1070. The number of carbonyl (C=O) groups is 1. The van der Waals surface area contributed by atoms with Gasteiger partial charge in [0.25, 0.3) is 0 Å². The van der Waals surface area contributed by atoms with Crippen LogP contribution in [0.25, 0.3) is 0 Å². The van der Waals surface area contributed by atoms with E-state index in [0.29, 0.717) is 16.6 Å². The summed E-state index contributed by atoms with van der Waals surface area (Å²) in [5, 5.41) is 15.4. The van der Waals surface area contributed by atoms with Gasteiger partial charge < -0.3 is 15.4 Å². The number of hydrogen-bond donors (Lipinski definition) is 2. The van der Waals surface area contributed by atoms with Crippen LogP contribution < -0.4 is 15.4 Å². The van der Waals surface area contributed by atoms with Crippen LogP contribution in [0.3, 0.4) is 0 Å². The van der Waals surface area contributed by atoms with Gasteiger partial charge in [0.05, 0.1) is 18.6 Å². The summed E-state index contributed by atoms with van der Waals surface area (Å²) in [6.07, 6.45) is 0. The molecular weight excluding hydrogens is 428 g/mol. The molecule has 0 aliphatic carbocycles. The van der Waals surface area contributed by atoms with Gasteiger partial charge in [0.15, 0.2) is 4.34 Å². The van der Waals surface area contributed by atoms with Gasteiger partial charge in [0, 0.05) is 5.69 Å². The van der Waals surface area contributed by atoms with Crippen LogP contribution in [0.15, 0.2) is 40.7 Å². The van der Waals surface area contributed by atoms with Crippen LogP contribution in [0.4, 0.5) is 16.5 Å². The van der Waals surface area contributed by atoms with Crippen LogP contribution in [0, 0.1) is 13.8 Å². The topological polar surface area (TPSA) is 76.1 Å². The molecule has 6 nitrogen and oxygen atoms in total. The number of nitrogens with zero attached hydrogens (tertiary/aromatic N) is 2. The Morgan fingerprint density at radius 2 is 1.90 bits per heavy atom. The van der Waals surface area contributed by atoms with Crippen molar-refractivity contribution in [3.63, 3.8) is 0 Å². The Balaban J connectivity index is 1.61. The number of carbonyl (C=O) groups excluding carboxylic acids is 1. The number of ether oxygens (including phenoxy) is 1. The average molecular weight is 457 g/mol. The molecule has 0 aliphatic heterocycles. The summed E-state index contributed by atoms with van der Waals surface area (Å²) in [6, 6.07) is 12.0. The van der Waals surface area contributed by atoms with E-state index in [9.17, 15) is 4.79 Å². The van der Waals surface area contributed by atoms with E-state index in [1.807, 2.05) is 30.3 Å². The summed E-state index contributed by atoms with van der Waals surface area (Å²) in [5.74, 6) is 0.761. The molecule has 0 saturated carbocycles. The molecule has 0 radical (unpaired) electrons. The molecule has 0 aliphatic rings. The molecule has 0 bridgehead atoms. The van der Waals surface area contributed by atoms with Gasteiger partial charge in [-0.2, -0.15) is 0 Å². The van der Waals surface area contributed by atoms with Crippen molar-refractivity contribution in [2.24, 2.45) is 0 Å². The number of thioether (sulfide) groups is 1. The van der Waals surface area contributed by atoms with E-state index in [4.69, 9.17) is 4.74 Å². The maximum absolute atomic E-state index is 12.5. The lowest BCUT2D eigenvalue weighted by atomic mass is 9.87. The van der Waals surface area contributed by atoms with E-state index in [0.717, 1.165) is 15.6 Å². The number of amides is 1. The largest absolute Gasteiger partial charge is 0.495 e. The molecule has 3 rings (SSSR count). The summed E-state index contributed by atoms with van der Waals surface area (Å²) >= 11 is 2.79. The first-order valence-electron chi connectivity index (χ1n) is 9.95. The molecule has 0 spiro atoms. The Morgan fingerprint density at radius 3 is 2.61 bits per heavy atom. The first kappa shape index (κ1) is 23.1. The normalized spacial score (nSPS) is 11.3. The van der Waals surface area contributed by atoms with Crippen molar-refractivity contribution in [3.05, 3.63) is 53.1 Å². The fourth-order valence-corrected chi connectivity index (χ4v) is 4.47.